The highest BCUT2D eigenvalue weighted by Gasteiger charge is 2.20. The van der Waals surface area contributed by atoms with E-state index in [1.807, 2.05) is 28.8 Å². The van der Waals surface area contributed by atoms with E-state index < -0.39 is 17.7 Å². The molecule has 0 radical (unpaired) electrons. The van der Waals surface area contributed by atoms with Gasteiger partial charge < -0.3 is 4.74 Å². The molecule has 8 heteroatoms. The van der Waals surface area contributed by atoms with Gasteiger partial charge in [0.15, 0.2) is 28.7 Å². The van der Waals surface area contributed by atoms with Crippen LogP contribution in [0.2, 0.25) is 5.02 Å². The zero-order chi connectivity index (χ0) is 20.1. The fourth-order valence-electron chi connectivity index (χ4n) is 2.58. The second kappa shape index (κ2) is 9.21. The lowest BCUT2D eigenvalue weighted by Crippen LogP contribution is -2.13. The molecule has 2 aromatic carbocycles. The van der Waals surface area contributed by atoms with Crippen LogP contribution in [0, 0.1) is 11.6 Å². The summed E-state index contributed by atoms with van der Waals surface area (Å²) in [6.45, 7) is 5.96. The molecular formula is C20H18ClF2N3OS. The van der Waals surface area contributed by atoms with Crippen LogP contribution in [0.5, 0.6) is 5.75 Å². The molecule has 0 saturated carbocycles. The third-order valence-corrected chi connectivity index (χ3v) is 5.32. The van der Waals surface area contributed by atoms with Crippen molar-refractivity contribution in [3.63, 3.8) is 0 Å². The highest BCUT2D eigenvalue weighted by atomic mass is 35.5. The van der Waals surface area contributed by atoms with E-state index in [0.29, 0.717) is 28.3 Å². The standard InChI is InChI=1S/C20H18ClF2N3OS/c1-3-10-26-19(13(2)27-18-9-8-15(22)11-17(18)23)24-25-20(26)28-12-14-6-4-5-7-16(14)21/h3-9,11,13H,1,10,12H2,2H3. The van der Waals surface area contributed by atoms with E-state index in [9.17, 15) is 8.78 Å². The van der Waals surface area contributed by atoms with Crippen molar-refractivity contribution < 1.29 is 13.5 Å². The molecule has 0 aliphatic carbocycles. The van der Waals surface area contributed by atoms with Gasteiger partial charge in [0, 0.05) is 23.4 Å². The average molecular weight is 422 g/mol. The van der Waals surface area contributed by atoms with Gasteiger partial charge in [-0.15, -0.1) is 16.8 Å². The highest BCUT2D eigenvalue weighted by molar-refractivity contribution is 7.98. The number of thioether (sulfide) groups is 1. The second-order valence-corrected chi connectivity index (χ2v) is 7.30. The van der Waals surface area contributed by atoms with Crippen molar-refractivity contribution in [2.45, 2.75) is 30.5 Å². The summed E-state index contributed by atoms with van der Waals surface area (Å²) in [7, 11) is 0. The van der Waals surface area contributed by atoms with Crippen molar-refractivity contribution in [2.75, 3.05) is 0 Å². The molecule has 0 N–H and O–H groups in total. The maximum atomic E-state index is 13.9. The number of rotatable bonds is 8. The van der Waals surface area contributed by atoms with Crippen LogP contribution in [-0.2, 0) is 12.3 Å². The predicted molar refractivity (Wildman–Crippen MR) is 107 cm³/mol. The Bertz CT molecular complexity index is 980. The zero-order valence-electron chi connectivity index (χ0n) is 15.1. The molecule has 0 aliphatic heterocycles. The number of benzene rings is 2. The second-order valence-electron chi connectivity index (χ2n) is 5.95. The fourth-order valence-corrected chi connectivity index (χ4v) is 3.82. The van der Waals surface area contributed by atoms with Crippen molar-refractivity contribution in [1.82, 2.24) is 14.8 Å². The summed E-state index contributed by atoms with van der Waals surface area (Å²) < 4.78 is 34.5. The first-order chi connectivity index (χ1) is 13.5. The molecule has 28 heavy (non-hydrogen) atoms. The molecule has 1 heterocycles. The normalized spacial score (nSPS) is 12.0. The van der Waals surface area contributed by atoms with Gasteiger partial charge in [-0.2, -0.15) is 0 Å². The monoisotopic (exact) mass is 421 g/mol. The number of halogens is 3. The summed E-state index contributed by atoms with van der Waals surface area (Å²) in [5.74, 6) is -0.338. The Balaban J connectivity index is 1.79. The summed E-state index contributed by atoms with van der Waals surface area (Å²) in [5.41, 5.74) is 0.988. The first-order valence-corrected chi connectivity index (χ1v) is 9.88. The molecular weight excluding hydrogens is 404 g/mol. The van der Waals surface area contributed by atoms with Crippen molar-refractivity contribution in [3.8, 4) is 5.75 Å². The Hall–Kier alpha value is -2.38. The first-order valence-electron chi connectivity index (χ1n) is 8.51. The van der Waals surface area contributed by atoms with Crippen LogP contribution in [-0.4, -0.2) is 14.8 Å². The van der Waals surface area contributed by atoms with E-state index in [1.165, 1.54) is 17.8 Å². The molecule has 146 valence electrons. The Morgan fingerprint density at radius 1 is 1.25 bits per heavy atom. The molecule has 0 aliphatic rings. The van der Waals surface area contributed by atoms with Crippen LogP contribution in [0.1, 0.15) is 24.4 Å². The molecule has 3 aromatic rings. The average Bonchev–Trinajstić information content (AvgIpc) is 3.06. The molecule has 1 atom stereocenters. The van der Waals surface area contributed by atoms with E-state index >= 15 is 0 Å². The van der Waals surface area contributed by atoms with Crippen molar-refractivity contribution in [3.05, 3.63) is 83.2 Å². The summed E-state index contributed by atoms with van der Waals surface area (Å²) in [4.78, 5) is 0. The van der Waals surface area contributed by atoms with Crippen LogP contribution in [0.25, 0.3) is 0 Å². The molecule has 3 rings (SSSR count). The van der Waals surface area contributed by atoms with Crippen LogP contribution in [0.3, 0.4) is 0 Å². The van der Waals surface area contributed by atoms with Gasteiger partial charge in [-0.3, -0.25) is 4.57 Å². The van der Waals surface area contributed by atoms with E-state index in [0.717, 1.165) is 17.7 Å². The number of nitrogens with zero attached hydrogens (tertiary/aromatic N) is 3. The summed E-state index contributed by atoms with van der Waals surface area (Å²) in [5, 5.41) is 9.79. The SMILES string of the molecule is C=CCn1c(SCc2ccccc2Cl)nnc1C(C)Oc1ccc(F)cc1F. The maximum absolute atomic E-state index is 13.9. The van der Waals surface area contributed by atoms with Crippen LogP contribution >= 0.6 is 23.4 Å². The van der Waals surface area contributed by atoms with E-state index in [1.54, 1.807) is 13.0 Å². The molecule has 0 amide bonds. The van der Waals surface area contributed by atoms with Crippen molar-refractivity contribution in [1.29, 1.82) is 0 Å². The number of ether oxygens (including phenoxy) is 1. The Kier molecular flexibility index (Phi) is 6.70. The Morgan fingerprint density at radius 3 is 2.75 bits per heavy atom. The van der Waals surface area contributed by atoms with Gasteiger partial charge in [0.05, 0.1) is 0 Å². The fraction of sp³-hybridized carbons (Fsp3) is 0.200. The van der Waals surface area contributed by atoms with Crippen LogP contribution in [0.4, 0.5) is 8.78 Å². The number of hydrogen-bond acceptors (Lipinski definition) is 4. The quantitative estimate of drug-likeness (QED) is 0.339. The minimum atomic E-state index is -0.769. The van der Waals surface area contributed by atoms with Gasteiger partial charge in [0.25, 0.3) is 0 Å². The zero-order valence-corrected chi connectivity index (χ0v) is 16.7. The third kappa shape index (κ3) is 4.72. The highest BCUT2D eigenvalue weighted by Crippen LogP contribution is 2.29. The van der Waals surface area contributed by atoms with E-state index in [-0.39, 0.29) is 5.75 Å². The summed E-state index contributed by atoms with van der Waals surface area (Å²) in [6.07, 6.45) is 1.12. The molecule has 1 unspecified atom stereocenters. The topological polar surface area (TPSA) is 39.9 Å². The lowest BCUT2D eigenvalue weighted by atomic mass is 10.2. The predicted octanol–water partition coefficient (Wildman–Crippen LogP) is 5.83. The van der Waals surface area contributed by atoms with Gasteiger partial charge in [0.2, 0.25) is 0 Å². The van der Waals surface area contributed by atoms with Gasteiger partial charge in [0.1, 0.15) is 5.82 Å². The van der Waals surface area contributed by atoms with Crippen LogP contribution < -0.4 is 4.74 Å². The van der Waals surface area contributed by atoms with Crippen LogP contribution in [0.15, 0.2) is 60.3 Å². The van der Waals surface area contributed by atoms with E-state index in [2.05, 4.69) is 16.8 Å². The number of allylic oxidation sites excluding steroid dienone is 1. The molecule has 1 aromatic heterocycles. The molecule has 0 spiro atoms. The Morgan fingerprint density at radius 2 is 2.04 bits per heavy atom. The minimum absolute atomic E-state index is 0.0488. The largest absolute Gasteiger partial charge is 0.480 e. The number of hydrogen-bond donors (Lipinski definition) is 0. The van der Waals surface area contributed by atoms with E-state index in [4.69, 9.17) is 16.3 Å². The lowest BCUT2D eigenvalue weighted by molar-refractivity contribution is 0.200. The minimum Gasteiger partial charge on any atom is -0.480 e. The molecule has 4 nitrogen and oxygen atoms in total. The van der Waals surface area contributed by atoms with Crippen molar-refractivity contribution >= 4 is 23.4 Å². The molecule has 0 bridgehead atoms. The van der Waals surface area contributed by atoms with Gasteiger partial charge in [-0.1, -0.05) is 47.6 Å². The summed E-state index contributed by atoms with van der Waals surface area (Å²) in [6, 6.07) is 10.8. The maximum Gasteiger partial charge on any atom is 0.191 e. The Labute approximate surface area is 171 Å². The molecule has 0 saturated heterocycles. The summed E-state index contributed by atoms with van der Waals surface area (Å²) >= 11 is 7.69. The first kappa shape index (κ1) is 20.4. The lowest BCUT2D eigenvalue weighted by Gasteiger charge is -2.16. The number of aromatic nitrogens is 3. The smallest absolute Gasteiger partial charge is 0.191 e. The van der Waals surface area contributed by atoms with Crippen molar-refractivity contribution in [2.24, 2.45) is 0 Å². The van der Waals surface area contributed by atoms with Gasteiger partial charge in [-0.25, -0.2) is 8.78 Å². The molecule has 0 fully saturated rings. The third-order valence-electron chi connectivity index (χ3n) is 3.93. The van der Waals surface area contributed by atoms with Gasteiger partial charge in [-0.05, 0) is 30.7 Å². The van der Waals surface area contributed by atoms with Gasteiger partial charge >= 0.3 is 0 Å².